The van der Waals surface area contributed by atoms with Gasteiger partial charge in [-0.15, -0.1) is 0 Å². The van der Waals surface area contributed by atoms with Crippen molar-refractivity contribution in [2.75, 3.05) is 32.9 Å². The highest BCUT2D eigenvalue weighted by Gasteiger charge is 2.35. The van der Waals surface area contributed by atoms with Crippen LogP contribution < -0.4 is 5.32 Å². The van der Waals surface area contributed by atoms with Gasteiger partial charge < -0.3 is 10.2 Å². The van der Waals surface area contributed by atoms with Gasteiger partial charge in [0.05, 0.1) is 23.7 Å². The fourth-order valence-corrected chi connectivity index (χ4v) is 4.83. The molecule has 1 atom stereocenters. The number of pyridine rings is 1. The van der Waals surface area contributed by atoms with Crippen LogP contribution >= 0.6 is 11.6 Å². The maximum Gasteiger partial charge on any atom is 0.269 e. The Morgan fingerprint density at radius 1 is 1.19 bits per heavy atom. The van der Waals surface area contributed by atoms with E-state index in [1.165, 1.54) is 28.4 Å². The minimum absolute atomic E-state index is 0.121. The molecular weight excluding hydrogens is 456 g/mol. The van der Waals surface area contributed by atoms with Crippen molar-refractivity contribution >= 4 is 33.4 Å². The number of piperazine rings is 1. The molecule has 1 fully saturated rings. The molecule has 2 aromatic rings. The lowest BCUT2D eigenvalue weighted by Crippen LogP contribution is -2.51. The van der Waals surface area contributed by atoms with Gasteiger partial charge in [0.1, 0.15) is 16.7 Å². The molecular formula is C20H23ClN6O4S. The maximum absolute atomic E-state index is 12.4. The number of hydrogen-bond acceptors (Lipinski definition) is 7. The molecule has 0 saturated carbocycles. The topological polar surface area (TPSA) is 125 Å². The first-order valence-corrected chi connectivity index (χ1v) is 11.9. The molecule has 0 aromatic carbocycles. The molecule has 1 saturated heterocycles. The fraction of sp³-hybridized carbons (Fsp3) is 0.350. The van der Waals surface area contributed by atoms with Gasteiger partial charge in [0.15, 0.2) is 0 Å². The second kappa shape index (κ2) is 9.31. The van der Waals surface area contributed by atoms with Crippen LogP contribution in [0.5, 0.6) is 0 Å². The van der Waals surface area contributed by atoms with Crippen LogP contribution in [0.3, 0.4) is 0 Å². The normalized spacial score (nSPS) is 17.1. The lowest BCUT2D eigenvalue weighted by molar-refractivity contribution is -0.128. The van der Waals surface area contributed by atoms with E-state index in [2.05, 4.69) is 26.8 Å². The summed E-state index contributed by atoms with van der Waals surface area (Å²) in [7, 11) is -2.08. The second-order valence-electron chi connectivity index (χ2n) is 7.25. The van der Waals surface area contributed by atoms with Gasteiger partial charge >= 0.3 is 0 Å². The Hall–Kier alpha value is -2.89. The molecule has 3 heterocycles. The molecule has 0 spiro atoms. The van der Waals surface area contributed by atoms with E-state index < -0.39 is 16.1 Å². The van der Waals surface area contributed by atoms with Gasteiger partial charge in [-0.25, -0.2) is 23.4 Å². The summed E-state index contributed by atoms with van der Waals surface area (Å²) in [6, 6.07) is 4.02. The molecule has 1 aliphatic rings. The molecule has 170 valence electrons. The predicted molar refractivity (Wildman–Crippen MR) is 119 cm³/mol. The first kappa shape index (κ1) is 23.8. The van der Waals surface area contributed by atoms with Crippen molar-refractivity contribution in [3.05, 3.63) is 53.1 Å². The molecule has 2 aromatic heterocycles. The third kappa shape index (κ3) is 5.12. The van der Waals surface area contributed by atoms with Crippen LogP contribution in [0, 0.1) is 6.92 Å². The largest absolute Gasteiger partial charge is 0.354 e. The zero-order chi connectivity index (χ0) is 23.6. The van der Waals surface area contributed by atoms with Crippen LogP contribution in [-0.4, -0.2) is 77.3 Å². The summed E-state index contributed by atoms with van der Waals surface area (Å²) in [5.74, 6) is -0.305. The molecule has 3 rings (SSSR count). The van der Waals surface area contributed by atoms with E-state index >= 15 is 0 Å². The van der Waals surface area contributed by atoms with Gasteiger partial charge in [-0.05, 0) is 36.8 Å². The van der Waals surface area contributed by atoms with Crippen LogP contribution in [0.15, 0.2) is 30.9 Å². The number of amides is 2. The highest BCUT2D eigenvalue weighted by Crippen LogP contribution is 2.31. The second-order valence-corrected chi connectivity index (χ2v) is 9.57. The fourth-order valence-electron chi connectivity index (χ4n) is 3.55. The monoisotopic (exact) mass is 478 g/mol. The van der Waals surface area contributed by atoms with Crippen molar-refractivity contribution in [3.8, 4) is 11.4 Å². The first-order valence-electron chi connectivity index (χ1n) is 9.67. The standard InChI is InChI=1S/C20H23ClN6O4S/c1-5-19(28)26-6-7-27(32(4,30)31)17(11-26)13-8-14(25-18(21)9-13)15-10-16(20(29)22-3)24-12(2)23-15/h5,8-10,17H,1,6-7,11H2,2-4H3,(H,22,29)/t17-/m0/s1. The van der Waals surface area contributed by atoms with Crippen molar-refractivity contribution in [3.63, 3.8) is 0 Å². The van der Waals surface area contributed by atoms with Crippen molar-refractivity contribution < 1.29 is 18.0 Å². The maximum atomic E-state index is 12.4. The Labute approximate surface area is 191 Å². The third-order valence-corrected chi connectivity index (χ3v) is 6.49. The number of hydrogen-bond donors (Lipinski definition) is 1. The molecule has 12 heteroatoms. The zero-order valence-corrected chi connectivity index (χ0v) is 19.4. The van der Waals surface area contributed by atoms with Gasteiger partial charge in [-0.2, -0.15) is 4.31 Å². The average molecular weight is 479 g/mol. The Balaban J connectivity index is 2.10. The molecule has 0 radical (unpaired) electrons. The number of rotatable bonds is 5. The number of aromatic nitrogens is 3. The summed E-state index contributed by atoms with van der Waals surface area (Å²) in [5.41, 5.74) is 1.42. The van der Waals surface area contributed by atoms with E-state index in [1.807, 2.05) is 0 Å². The van der Waals surface area contributed by atoms with Gasteiger partial charge in [-0.1, -0.05) is 18.2 Å². The van der Waals surface area contributed by atoms with Crippen molar-refractivity contribution in [2.24, 2.45) is 0 Å². The Kier molecular flexibility index (Phi) is 6.91. The lowest BCUT2D eigenvalue weighted by atomic mass is 10.0. The Morgan fingerprint density at radius 3 is 2.50 bits per heavy atom. The van der Waals surface area contributed by atoms with Crippen molar-refractivity contribution in [1.82, 2.24) is 29.5 Å². The van der Waals surface area contributed by atoms with E-state index in [4.69, 9.17) is 11.6 Å². The summed E-state index contributed by atoms with van der Waals surface area (Å²) >= 11 is 6.28. The molecule has 0 aliphatic carbocycles. The van der Waals surface area contributed by atoms with Crippen LogP contribution in [0.25, 0.3) is 11.4 Å². The number of carbonyl (C=O) groups excluding carboxylic acids is 2. The van der Waals surface area contributed by atoms with E-state index in [0.29, 0.717) is 22.8 Å². The highest BCUT2D eigenvalue weighted by molar-refractivity contribution is 7.88. The highest BCUT2D eigenvalue weighted by atomic mass is 35.5. The Bertz CT molecular complexity index is 1190. The number of nitrogens with zero attached hydrogens (tertiary/aromatic N) is 5. The zero-order valence-electron chi connectivity index (χ0n) is 17.9. The molecule has 10 nitrogen and oxygen atoms in total. The lowest BCUT2D eigenvalue weighted by Gasteiger charge is -2.40. The number of aryl methyl sites for hydroxylation is 1. The summed E-state index contributed by atoms with van der Waals surface area (Å²) < 4.78 is 26.2. The number of halogens is 1. The number of sulfonamides is 1. The van der Waals surface area contributed by atoms with Crippen LogP contribution in [0.1, 0.15) is 27.9 Å². The summed E-state index contributed by atoms with van der Waals surface area (Å²) in [6.45, 7) is 5.66. The van der Waals surface area contributed by atoms with Gasteiger partial charge in [0, 0.05) is 26.7 Å². The smallest absolute Gasteiger partial charge is 0.269 e. The molecule has 0 unspecified atom stereocenters. The van der Waals surface area contributed by atoms with Crippen molar-refractivity contribution in [2.45, 2.75) is 13.0 Å². The molecule has 1 aliphatic heterocycles. The minimum Gasteiger partial charge on any atom is -0.354 e. The first-order chi connectivity index (χ1) is 15.0. The number of carbonyl (C=O) groups is 2. The average Bonchev–Trinajstić information content (AvgIpc) is 2.76. The number of nitrogens with one attached hydrogen (secondary N) is 1. The summed E-state index contributed by atoms with van der Waals surface area (Å²) in [6.07, 6.45) is 2.32. The van der Waals surface area contributed by atoms with Crippen LogP contribution in [-0.2, 0) is 14.8 Å². The predicted octanol–water partition coefficient (Wildman–Crippen LogP) is 1.19. The van der Waals surface area contributed by atoms with E-state index in [0.717, 1.165) is 6.26 Å². The van der Waals surface area contributed by atoms with Gasteiger partial charge in [-0.3, -0.25) is 9.59 Å². The summed E-state index contributed by atoms with van der Waals surface area (Å²) in [5, 5.41) is 2.63. The third-order valence-electron chi connectivity index (χ3n) is 5.00. The van der Waals surface area contributed by atoms with Crippen molar-refractivity contribution in [1.29, 1.82) is 0 Å². The molecule has 32 heavy (non-hydrogen) atoms. The van der Waals surface area contributed by atoms with Crippen LogP contribution in [0.2, 0.25) is 5.15 Å². The van der Waals surface area contributed by atoms with Crippen LogP contribution in [0.4, 0.5) is 0 Å². The molecule has 2 amide bonds. The Morgan fingerprint density at radius 2 is 1.88 bits per heavy atom. The van der Waals surface area contributed by atoms with Gasteiger partial charge in [0.2, 0.25) is 15.9 Å². The molecule has 0 bridgehead atoms. The van der Waals surface area contributed by atoms with E-state index in [9.17, 15) is 18.0 Å². The van der Waals surface area contributed by atoms with E-state index in [-0.39, 0.29) is 42.3 Å². The van der Waals surface area contributed by atoms with E-state index in [1.54, 1.807) is 19.1 Å². The quantitative estimate of drug-likeness (QED) is 0.505. The van der Waals surface area contributed by atoms with Gasteiger partial charge in [0.25, 0.3) is 5.91 Å². The minimum atomic E-state index is -3.57. The summed E-state index contributed by atoms with van der Waals surface area (Å²) in [4.78, 5) is 38.5. The SMILES string of the molecule is C=CC(=O)N1CCN(S(C)(=O)=O)[C@H](c2cc(Cl)nc(-c3cc(C(=O)NC)nc(C)n3)c2)C1. The molecule has 1 N–H and O–H groups in total.